The SMILES string of the molecule is CCC1(N)CNCC1c1cccc(N)c1. The normalized spacial score (nSPS) is 30.7. The molecule has 2 rings (SSSR count). The molecule has 1 saturated heterocycles. The third-order valence-corrected chi connectivity index (χ3v) is 3.47. The molecule has 1 aliphatic rings. The molecule has 0 bridgehead atoms. The minimum atomic E-state index is -0.117. The summed E-state index contributed by atoms with van der Waals surface area (Å²) >= 11 is 0. The lowest BCUT2D eigenvalue weighted by molar-refractivity contribution is 0.405. The van der Waals surface area contributed by atoms with Crippen molar-refractivity contribution in [3.63, 3.8) is 0 Å². The van der Waals surface area contributed by atoms with Crippen molar-refractivity contribution in [2.75, 3.05) is 18.8 Å². The predicted molar refractivity (Wildman–Crippen MR) is 63.7 cm³/mol. The van der Waals surface area contributed by atoms with E-state index in [9.17, 15) is 0 Å². The highest BCUT2D eigenvalue weighted by atomic mass is 15.0. The summed E-state index contributed by atoms with van der Waals surface area (Å²) in [5, 5.41) is 3.37. The summed E-state index contributed by atoms with van der Waals surface area (Å²) < 4.78 is 0. The van der Waals surface area contributed by atoms with Gasteiger partial charge in [-0.2, -0.15) is 0 Å². The molecule has 0 saturated carbocycles. The molecule has 2 unspecified atom stereocenters. The van der Waals surface area contributed by atoms with Crippen molar-refractivity contribution in [1.82, 2.24) is 5.32 Å². The Balaban J connectivity index is 2.30. The Morgan fingerprint density at radius 3 is 3.00 bits per heavy atom. The maximum atomic E-state index is 6.38. The molecule has 1 fully saturated rings. The second-order valence-corrected chi connectivity index (χ2v) is 4.44. The fourth-order valence-corrected chi connectivity index (χ4v) is 2.37. The molecule has 2 atom stereocenters. The molecular weight excluding hydrogens is 186 g/mol. The summed E-state index contributed by atoms with van der Waals surface area (Å²) in [5.74, 6) is 0.381. The zero-order valence-electron chi connectivity index (χ0n) is 9.16. The molecule has 3 nitrogen and oxygen atoms in total. The van der Waals surface area contributed by atoms with Gasteiger partial charge in [0.1, 0.15) is 0 Å². The van der Waals surface area contributed by atoms with Gasteiger partial charge in [-0.15, -0.1) is 0 Å². The Morgan fingerprint density at radius 1 is 1.53 bits per heavy atom. The Hall–Kier alpha value is -1.06. The van der Waals surface area contributed by atoms with Crippen LogP contribution in [-0.2, 0) is 0 Å². The van der Waals surface area contributed by atoms with Crippen LogP contribution >= 0.6 is 0 Å². The van der Waals surface area contributed by atoms with E-state index in [4.69, 9.17) is 11.5 Å². The first kappa shape index (κ1) is 10.5. The lowest BCUT2D eigenvalue weighted by Crippen LogP contribution is -2.45. The van der Waals surface area contributed by atoms with Gasteiger partial charge in [-0.25, -0.2) is 0 Å². The van der Waals surface area contributed by atoms with Crippen LogP contribution in [0, 0.1) is 0 Å². The highest BCUT2D eigenvalue weighted by molar-refractivity contribution is 5.43. The number of nitrogens with one attached hydrogen (secondary N) is 1. The number of nitrogen functional groups attached to an aromatic ring is 1. The molecule has 0 aromatic heterocycles. The zero-order chi connectivity index (χ0) is 10.9. The molecule has 0 aliphatic carbocycles. The average Bonchev–Trinajstić information content (AvgIpc) is 2.61. The smallest absolute Gasteiger partial charge is 0.0359 e. The van der Waals surface area contributed by atoms with Crippen molar-refractivity contribution < 1.29 is 0 Å². The molecule has 1 heterocycles. The highest BCUT2D eigenvalue weighted by Gasteiger charge is 2.38. The fourth-order valence-electron chi connectivity index (χ4n) is 2.37. The molecule has 82 valence electrons. The van der Waals surface area contributed by atoms with Crippen molar-refractivity contribution in [1.29, 1.82) is 0 Å². The zero-order valence-corrected chi connectivity index (χ0v) is 9.16. The predicted octanol–water partition coefficient (Wildman–Crippen LogP) is 1.06. The molecule has 0 amide bonds. The standard InChI is InChI=1S/C12H19N3/c1-2-12(14)8-15-7-11(12)9-4-3-5-10(13)6-9/h3-6,11,15H,2,7-8,13-14H2,1H3. The quantitative estimate of drug-likeness (QED) is 0.633. The van der Waals surface area contributed by atoms with E-state index in [1.54, 1.807) is 0 Å². The number of anilines is 1. The lowest BCUT2D eigenvalue weighted by atomic mass is 9.81. The largest absolute Gasteiger partial charge is 0.399 e. The second-order valence-electron chi connectivity index (χ2n) is 4.44. The van der Waals surface area contributed by atoms with Crippen LogP contribution in [0.1, 0.15) is 24.8 Å². The Kier molecular flexibility index (Phi) is 2.67. The summed E-state index contributed by atoms with van der Waals surface area (Å²) in [6.07, 6.45) is 0.986. The summed E-state index contributed by atoms with van der Waals surface area (Å²) in [6, 6.07) is 8.06. The van der Waals surface area contributed by atoms with Gasteiger partial charge in [-0.1, -0.05) is 19.1 Å². The number of hydrogen-bond acceptors (Lipinski definition) is 3. The molecule has 1 aromatic rings. The van der Waals surface area contributed by atoms with Crippen LogP contribution in [0.3, 0.4) is 0 Å². The van der Waals surface area contributed by atoms with Crippen LogP contribution in [0.2, 0.25) is 0 Å². The number of nitrogens with two attached hydrogens (primary N) is 2. The van der Waals surface area contributed by atoms with Gasteiger partial charge in [0.2, 0.25) is 0 Å². The van der Waals surface area contributed by atoms with E-state index in [2.05, 4.69) is 18.3 Å². The van der Waals surface area contributed by atoms with Crippen molar-refractivity contribution >= 4 is 5.69 Å². The van der Waals surface area contributed by atoms with Crippen molar-refractivity contribution in [3.05, 3.63) is 29.8 Å². The lowest BCUT2D eigenvalue weighted by Gasteiger charge is -2.29. The van der Waals surface area contributed by atoms with Gasteiger partial charge in [-0.3, -0.25) is 0 Å². The van der Waals surface area contributed by atoms with Crippen LogP contribution < -0.4 is 16.8 Å². The molecule has 0 spiro atoms. The molecule has 3 heteroatoms. The number of benzene rings is 1. The van der Waals surface area contributed by atoms with Crippen molar-refractivity contribution in [2.45, 2.75) is 24.8 Å². The molecular formula is C12H19N3. The van der Waals surface area contributed by atoms with Gasteiger partial charge in [0.05, 0.1) is 0 Å². The van der Waals surface area contributed by atoms with Crippen molar-refractivity contribution in [3.8, 4) is 0 Å². The third kappa shape index (κ3) is 1.85. The maximum absolute atomic E-state index is 6.38. The molecule has 1 aliphatic heterocycles. The van der Waals surface area contributed by atoms with E-state index < -0.39 is 0 Å². The second kappa shape index (κ2) is 3.83. The van der Waals surface area contributed by atoms with E-state index in [-0.39, 0.29) is 5.54 Å². The van der Waals surface area contributed by atoms with Crippen LogP contribution in [0.25, 0.3) is 0 Å². The van der Waals surface area contributed by atoms with E-state index in [0.29, 0.717) is 5.92 Å². The highest BCUT2D eigenvalue weighted by Crippen LogP contribution is 2.32. The first-order chi connectivity index (χ1) is 7.15. The third-order valence-electron chi connectivity index (χ3n) is 3.47. The van der Waals surface area contributed by atoms with Gasteiger partial charge in [0.25, 0.3) is 0 Å². The average molecular weight is 205 g/mol. The van der Waals surface area contributed by atoms with E-state index in [1.165, 1.54) is 5.56 Å². The van der Waals surface area contributed by atoms with Gasteiger partial charge in [0, 0.05) is 30.2 Å². The monoisotopic (exact) mass is 205 g/mol. The van der Waals surface area contributed by atoms with Crippen LogP contribution in [0.4, 0.5) is 5.69 Å². The fraction of sp³-hybridized carbons (Fsp3) is 0.500. The van der Waals surface area contributed by atoms with Crippen LogP contribution in [0.5, 0.6) is 0 Å². The van der Waals surface area contributed by atoms with Gasteiger partial charge in [0.15, 0.2) is 0 Å². The molecule has 1 aromatic carbocycles. The first-order valence-electron chi connectivity index (χ1n) is 5.51. The minimum absolute atomic E-state index is 0.117. The topological polar surface area (TPSA) is 64.1 Å². The summed E-state index contributed by atoms with van der Waals surface area (Å²) in [4.78, 5) is 0. The van der Waals surface area contributed by atoms with E-state index in [1.807, 2.05) is 18.2 Å². The van der Waals surface area contributed by atoms with Gasteiger partial charge in [-0.05, 0) is 24.1 Å². The van der Waals surface area contributed by atoms with E-state index >= 15 is 0 Å². The Bertz CT molecular complexity index is 350. The maximum Gasteiger partial charge on any atom is 0.0359 e. The summed E-state index contributed by atoms with van der Waals surface area (Å²) in [7, 11) is 0. The molecule has 5 N–H and O–H groups in total. The van der Waals surface area contributed by atoms with Gasteiger partial charge < -0.3 is 16.8 Å². The Morgan fingerprint density at radius 2 is 2.33 bits per heavy atom. The minimum Gasteiger partial charge on any atom is -0.399 e. The summed E-state index contributed by atoms with van der Waals surface area (Å²) in [5.41, 5.74) is 14.1. The van der Waals surface area contributed by atoms with Crippen LogP contribution in [0.15, 0.2) is 24.3 Å². The number of rotatable bonds is 2. The summed E-state index contributed by atoms with van der Waals surface area (Å²) in [6.45, 7) is 3.99. The van der Waals surface area contributed by atoms with E-state index in [0.717, 1.165) is 25.2 Å². The first-order valence-corrected chi connectivity index (χ1v) is 5.51. The molecule has 15 heavy (non-hydrogen) atoms. The van der Waals surface area contributed by atoms with Gasteiger partial charge >= 0.3 is 0 Å². The number of hydrogen-bond donors (Lipinski definition) is 3. The molecule has 0 radical (unpaired) electrons. The Labute approximate surface area is 90.8 Å². The van der Waals surface area contributed by atoms with Crippen LogP contribution in [-0.4, -0.2) is 18.6 Å². The van der Waals surface area contributed by atoms with Crippen molar-refractivity contribution in [2.24, 2.45) is 5.73 Å².